The smallest absolute Gasteiger partial charge is 0.244 e. The third-order valence-electron chi connectivity index (χ3n) is 4.07. The minimum absolute atomic E-state index is 0.00602. The largest absolute Gasteiger partial charge is 0.314 e. The topological polar surface area (TPSA) is 76.0 Å². The van der Waals surface area contributed by atoms with Crippen LogP contribution in [0.5, 0.6) is 0 Å². The lowest BCUT2D eigenvalue weighted by Gasteiger charge is -2.28. The van der Waals surface area contributed by atoms with E-state index in [-0.39, 0.29) is 6.04 Å². The maximum atomic E-state index is 12.8. The van der Waals surface area contributed by atoms with Crippen molar-refractivity contribution in [2.24, 2.45) is 5.92 Å². The third-order valence-corrected chi connectivity index (χ3v) is 5.84. The first-order chi connectivity index (χ1) is 10.2. The van der Waals surface area contributed by atoms with Crippen LogP contribution in [-0.2, 0) is 16.6 Å². The monoisotopic (exact) mass is 328 g/mol. The molecule has 126 valence electrons. The first kappa shape index (κ1) is 17.4. The number of nitrogens with zero attached hydrogens (tertiary/aromatic N) is 2. The molecule has 2 atom stereocenters. The van der Waals surface area contributed by atoms with Gasteiger partial charge in [-0.25, -0.2) is 13.1 Å². The molecule has 0 bridgehead atoms. The summed E-state index contributed by atoms with van der Waals surface area (Å²) in [5, 5.41) is 7.74. The lowest BCUT2D eigenvalue weighted by molar-refractivity contribution is 0.361. The van der Waals surface area contributed by atoms with Crippen molar-refractivity contribution < 1.29 is 8.42 Å². The lowest BCUT2D eigenvalue weighted by Crippen LogP contribution is -2.46. The van der Waals surface area contributed by atoms with Gasteiger partial charge in [0.2, 0.25) is 10.0 Å². The fourth-order valence-electron chi connectivity index (χ4n) is 3.11. The Balaban J connectivity index is 2.23. The Labute approximate surface area is 133 Å². The van der Waals surface area contributed by atoms with E-state index in [9.17, 15) is 8.42 Å². The molecule has 7 heteroatoms. The molecular formula is C15H28N4O2S. The van der Waals surface area contributed by atoms with Crippen LogP contribution in [0, 0.1) is 19.8 Å². The van der Waals surface area contributed by atoms with Crippen LogP contribution in [-0.4, -0.2) is 36.8 Å². The van der Waals surface area contributed by atoms with Gasteiger partial charge in [-0.2, -0.15) is 5.10 Å². The van der Waals surface area contributed by atoms with Gasteiger partial charge in [0.15, 0.2) is 0 Å². The molecule has 22 heavy (non-hydrogen) atoms. The molecule has 1 saturated heterocycles. The second-order valence-corrected chi connectivity index (χ2v) is 8.42. The third kappa shape index (κ3) is 3.88. The van der Waals surface area contributed by atoms with Crippen LogP contribution in [0.25, 0.3) is 0 Å². The number of rotatable bonds is 5. The molecule has 0 aliphatic carbocycles. The predicted octanol–water partition coefficient (Wildman–Crippen LogP) is 1.57. The van der Waals surface area contributed by atoms with Crippen molar-refractivity contribution in [3.63, 3.8) is 0 Å². The fourth-order valence-corrected chi connectivity index (χ4v) is 4.81. The van der Waals surface area contributed by atoms with E-state index in [4.69, 9.17) is 0 Å². The van der Waals surface area contributed by atoms with Crippen molar-refractivity contribution in [2.75, 3.05) is 6.54 Å². The highest BCUT2D eigenvalue weighted by Gasteiger charge is 2.29. The van der Waals surface area contributed by atoms with Gasteiger partial charge in [0, 0.05) is 18.6 Å². The predicted molar refractivity (Wildman–Crippen MR) is 87.3 cm³/mol. The molecule has 1 aromatic rings. The minimum atomic E-state index is -3.52. The second-order valence-electron chi connectivity index (χ2n) is 6.77. The summed E-state index contributed by atoms with van der Waals surface area (Å²) in [5.41, 5.74) is 1.30. The molecule has 2 rings (SSSR count). The van der Waals surface area contributed by atoms with Gasteiger partial charge in [-0.05, 0) is 46.1 Å². The lowest BCUT2D eigenvalue weighted by atomic mass is 10.0. The van der Waals surface area contributed by atoms with Gasteiger partial charge >= 0.3 is 0 Å². The van der Waals surface area contributed by atoms with Crippen LogP contribution in [0.4, 0.5) is 0 Å². The highest BCUT2D eigenvalue weighted by Crippen LogP contribution is 2.22. The SMILES string of the molecule is Cc1nn(CC(C)C)c(C)c1S(=O)(=O)NC1CCNC(C)C1. The van der Waals surface area contributed by atoms with Crippen molar-refractivity contribution in [1.29, 1.82) is 0 Å². The highest BCUT2D eigenvalue weighted by molar-refractivity contribution is 7.89. The number of nitrogens with one attached hydrogen (secondary N) is 2. The molecule has 2 N–H and O–H groups in total. The quantitative estimate of drug-likeness (QED) is 0.860. The molecular weight excluding hydrogens is 300 g/mol. The second kappa shape index (κ2) is 6.68. The van der Waals surface area contributed by atoms with E-state index in [1.54, 1.807) is 11.6 Å². The summed E-state index contributed by atoms with van der Waals surface area (Å²) >= 11 is 0. The first-order valence-electron chi connectivity index (χ1n) is 8.00. The van der Waals surface area contributed by atoms with Gasteiger partial charge in [-0.15, -0.1) is 0 Å². The number of sulfonamides is 1. The fraction of sp³-hybridized carbons (Fsp3) is 0.800. The Kier molecular flexibility index (Phi) is 5.29. The van der Waals surface area contributed by atoms with Crippen LogP contribution in [0.1, 0.15) is 45.0 Å². The van der Waals surface area contributed by atoms with Crippen LogP contribution in [0.2, 0.25) is 0 Å². The van der Waals surface area contributed by atoms with E-state index >= 15 is 0 Å². The standard InChI is InChI=1S/C15H28N4O2S/c1-10(2)9-19-13(5)15(12(4)17-19)22(20,21)18-14-6-7-16-11(3)8-14/h10-11,14,16,18H,6-9H2,1-5H3. The van der Waals surface area contributed by atoms with E-state index in [2.05, 4.69) is 35.9 Å². The summed E-state index contributed by atoms with van der Waals surface area (Å²) in [6.07, 6.45) is 1.64. The van der Waals surface area contributed by atoms with E-state index < -0.39 is 10.0 Å². The molecule has 0 spiro atoms. The average Bonchev–Trinajstić information content (AvgIpc) is 2.63. The molecule has 1 aliphatic rings. The zero-order chi connectivity index (χ0) is 16.5. The van der Waals surface area contributed by atoms with Gasteiger partial charge in [-0.3, -0.25) is 4.68 Å². The van der Waals surface area contributed by atoms with Gasteiger partial charge in [0.05, 0.1) is 11.4 Å². The Morgan fingerprint density at radius 2 is 2.09 bits per heavy atom. The van der Waals surface area contributed by atoms with Crippen molar-refractivity contribution in [1.82, 2.24) is 19.8 Å². The molecule has 1 aromatic heterocycles. The normalized spacial score (nSPS) is 23.2. The summed E-state index contributed by atoms with van der Waals surface area (Å²) in [7, 11) is -3.52. The maximum absolute atomic E-state index is 12.8. The highest BCUT2D eigenvalue weighted by atomic mass is 32.2. The van der Waals surface area contributed by atoms with Crippen molar-refractivity contribution in [3.05, 3.63) is 11.4 Å². The van der Waals surface area contributed by atoms with Gasteiger partial charge in [0.1, 0.15) is 4.90 Å². The van der Waals surface area contributed by atoms with Crippen LogP contribution in [0.15, 0.2) is 4.90 Å². The Bertz CT molecular complexity index is 622. The summed E-state index contributed by atoms with van der Waals surface area (Å²) in [6, 6.07) is 0.334. The molecule has 1 fully saturated rings. The molecule has 0 amide bonds. The molecule has 0 saturated carbocycles. The van der Waals surface area contributed by atoms with E-state index in [0.717, 1.165) is 31.6 Å². The number of hydrogen-bond acceptors (Lipinski definition) is 4. The molecule has 1 aliphatic heterocycles. The number of hydrogen-bond donors (Lipinski definition) is 2. The van der Waals surface area contributed by atoms with Crippen molar-refractivity contribution in [2.45, 2.75) is 71.0 Å². The summed E-state index contributed by atoms with van der Waals surface area (Å²) < 4.78 is 30.2. The minimum Gasteiger partial charge on any atom is -0.314 e. The van der Waals surface area contributed by atoms with E-state index in [0.29, 0.717) is 22.5 Å². The maximum Gasteiger partial charge on any atom is 0.244 e. The Hall–Kier alpha value is -0.920. The first-order valence-corrected chi connectivity index (χ1v) is 9.48. The summed E-state index contributed by atoms with van der Waals surface area (Å²) in [6.45, 7) is 11.5. The number of aryl methyl sites for hydroxylation is 1. The average molecular weight is 328 g/mol. The van der Waals surface area contributed by atoms with Gasteiger partial charge in [0.25, 0.3) is 0 Å². The molecule has 0 aromatic carbocycles. The summed E-state index contributed by atoms with van der Waals surface area (Å²) in [4.78, 5) is 0.347. The van der Waals surface area contributed by atoms with Crippen molar-refractivity contribution in [3.8, 4) is 0 Å². The van der Waals surface area contributed by atoms with E-state index in [1.165, 1.54) is 0 Å². The molecule has 6 nitrogen and oxygen atoms in total. The molecule has 2 unspecified atom stereocenters. The van der Waals surface area contributed by atoms with Crippen molar-refractivity contribution >= 4 is 10.0 Å². The van der Waals surface area contributed by atoms with Crippen LogP contribution < -0.4 is 10.0 Å². The zero-order valence-electron chi connectivity index (χ0n) is 14.2. The molecule has 2 heterocycles. The van der Waals surface area contributed by atoms with Crippen LogP contribution >= 0.6 is 0 Å². The van der Waals surface area contributed by atoms with Gasteiger partial charge in [-0.1, -0.05) is 13.8 Å². The van der Waals surface area contributed by atoms with Gasteiger partial charge < -0.3 is 5.32 Å². The number of piperidine rings is 1. The van der Waals surface area contributed by atoms with E-state index in [1.807, 2.05) is 6.92 Å². The van der Waals surface area contributed by atoms with Crippen LogP contribution in [0.3, 0.4) is 0 Å². The number of aromatic nitrogens is 2. The zero-order valence-corrected chi connectivity index (χ0v) is 15.0. The summed E-state index contributed by atoms with van der Waals surface area (Å²) in [5.74, 6) is 0.423. The Morgan fingerprint density at radius 3 is 2.68 bits per heavy atom. The molecule has 0 radical (unpaired) electrons. The Morgan fingerprint density at radius 1 is 1.41 bits per heavy atom.